The van der Waals surface area contributed by atoms with Gasteiger partial charge in [-0.15, -0.1) is 11.8 Å². The Morgan fingerprint density at radius 1 is 1.43 bits per heavy atom. The minimum Gasteiger partial charge on any atom is -0.368 e. The Hall–Kier alpha value is -1.58. The van der Waals surface area contributed by atoms with Crippen LogP contribution in [0.25, 0.3) is 0 Å². The number of amides is 2. The molecule has 1 aliphatic heterocycles. The number of benzene rings is 1. The Morgan fingerprint density at radius 2 is 2.10 bits per heavy atom. The van der Waals surface area contributed by atoms with E-state index in [2.05, 4.69) is 10.0 Å². The zero-order chi connectivity index (χ0) is 15.6. The van der Waals surface area contributed by atoms with Gasteiger partial charge in [-0.25, -0.2) is 8.42 Å². The summed E-state index contributed by atoms with van der Waals surface area (Å²) in [5.41, 5.74) is 5.07. The van der Waals surface area contributed by atoms with Crippen molar-refractivity contribution in [3.63, 3.8) is 0 Å². The summed E-state index contributed by atoms with van der Waals surface area (Å²) in [7, 11) is -3.78. The second-order valence-electron chi connectivity index (χ2n) is 4.56. The number of hydrogen-bond acceptors (Lipinski definition) is 5. The normalized spacial score (nSPS) is 21.7. The standard InChI is InChI=1S/C12H15N3O4S2/c1-7(11(13)16)14-12(17)8-6-20-9-4-2-3-5-10(9)21(18,19)15-8/h2-5,7-8,15H,6H2,1H3,(H2,13,16)(H,14,17)/t7-,8-/m0/s1. The summed E-state index contributed by atoms with van der Waals surface area (Å²) in [5.74, 6) is -1.03. The summed E-state index contributed by atoms with van der Waals surface area (Å²) in [6.07, 6.45) is 0. The average molecular weight is 329 g/mol. The molecule has 9 heteroatoms. The summed E-state index contributed by atoms with van der Waals surface area (Å²) < 4.78 is 26.8. The van der Waals surface area contributed by atoms with Crippen molar-refractivity contribution < 1.29 is 18.0 Å². The molecule has 114 valence electrons. The van der Waals surface area contributed by atoms with Crippen LogP contribution in [0.1, 0.15) is 6.92 Å². The Labute approximate surface area is 126 Å². The number of primary amides is 1. The molecule has 0 aromatic heterocycles. The van der Waals surface area contributed by atoms with Crippen LogP contribution in [0, 0.1) is 0 Å². The zero-order valence-corrected chi connectivity index (χ0v) is 12.8. The van der Waals surface area contributed by atoms with Crippen molar-refractivity contribution in [2.45, 2.75) is 28.8 Å². The number of sulfonamides is 1. The van der Waals surface area contributed by atoms with Crippen molar-refractivity contribution in [2.24, 2.45) is 5.73 Å². The van der Waals surface area contributed by atoms with Gasteiger partial charge in [-0.3, -0.25) is 9.59 Å². The Bertz CT molecular complexity index is 675. The first kappa shape index (κ1) is 15.8. The highest BCUT2D eigenvalue weighted by Gasteiger charge is 2.32. The van der Waals surface area contributed by atoms with Crippen LogP contribution in [0.15, 0.2) is 34.1 Å². The van der Waals surface area contributed by atoms with Gasteiger partial charge in [-0.2, -0.15) is 4.72 Å². The lowest BCUT2D eigenvalue weighted by Gasteiger charge is -2.17. The lowest BCUT2D eigenvalue weighted by atomic mass is 10.2. The Balaban J connectivity index is 2.21. The number of carbonyl (C=O) groups is 2. The summed E-state index contributed by atoms with van der Waals surface area (Å²) in [6, 6.07) is 4.69. The summed E-state index contributed by atoms with van der Waals surface area (Å²) >= 11 is 1.27. The first-order chi connectivity index (χ1) is 9.81. The van der Waals surface area contributed by atoms with Gasteiger partial charge in [0.2, 0.25) is 21.8 Å². The molecule has 0 saturated carbocycles. The molecular formula is C12H15N3O4S2. The zero-order valence-electron chi connectivity index (χ0n) is 11.2. The van der Waals surface area contributed by atoms with E-state index in [1.807, 2.05) is 0 Å². The van der Waals surface area contributed by atoms with Crippen molar-refractivity contribution >= 4 is 33.6 Å². The summed E-state index contributed by atoms with van der Waals surface area (Å²) in [4.78, 5) is 23.7. The first-order valence-corrected chi connectivity index (χ1v) is 8.62. The number of fused-ring (bicyclic) bond motifs is 1. The van der Waals surface area contributed by atoms with E-state index in [0.717, 1.165) is 0 Å². The van der Waals surface area contributed by atoms with Gasteiger partial charge in [-0.1, -0.05) is 12.1 Å². The van der Waals surface area contributed by atoms with Gasteiger partial charge >= 0.3 is 0 Å². The second-order valence-corrected chi connectivity index (χ2v) is 7.31. The van der Waals surface area contributed by atoms with Gasteiger partial charge in [0.1, 0.15) is 12.1 Å². The van der Waals surface area contributed by atoms with Crippen LogP contribution in [-0.4, -0.2) is 38.1 Å². The van der Waals surface area contributed by atoms with Gasteiger partial charge in [0.25, 0.3) is 0 Å². The minimum absolute atomic E-state index is 0.147. The monoisotopic (exact) mass is 329 g/mol. The maximum absolute atomic E-state index is 12.2. The molecule has 4 N–H and O–H groups in total. The lowest BCUT2D eigenvalue weighted by molar-refractivity contribution is -0.127. The van der Waals surface area contributed by atoms with Gasteiger partial charge in [0.15, 0.2) is 0 Å². The fraction of sp³-hybridized carbons (Fsp3) is 0.333. The molecule has 2 rings (SSSR count). The van der Waals surface area contributed by atoms with Gasteiger partial charge in [0, 0.05) is 10.6 Å². The molecule has 0 saturated heterocycles. The maximum Gasteiger partial charge on any atom is 0.242 e. The quantitative estimate of drug-likeness (QED) is 0.686. The second kappa shape index (κ2) is 6.04. The fourth-order valence-corrected chi connectivity index (χ4v) is 4.62. The molecule has 1 heterocycles. The van der Waals surface area contributed by atoms with Crippen LogP contribution in [0.5, 0.6) is 0 Å². The molecule has 7 nitrogen and oxygen atoms in total. The third-order valence-corrected chi connectivity index (χ3v) is 5.77. The van der Waals surface area contributed by atoms with Crippen LogP contribution in [0.3, 0.4) is 0 Å². The van der Waals surface area contributed by atoms with Crippen molar-refractivity contribution in [1.29, 1.82) is 0 Å². The highest BCUT2D eigenvalue weighted by atomic mass is 32.2. The summed E-state index contributed by atoms with van der Waals surface area (Å²) in [6.45, 7) is 1.44. The van der Waals surface area contributed by atoms with E-state index in [1.165, 1.54) is 24.8 Å². The molecule has 2 amide bonds. The molecule has 0 aliphatic carbocycles. The molecule has 2 atom stereocenters. The third-order valence-electron chi connectivity index (χ3n) is 2.94. The van der Waals surface area contributed by atoms with E-state index in [4.69, 9.17) is 5.73 Å². The van der Waals surface area contributed by atoms with Gasteiger partial charge in [0.05, 0.1) is 4.90 Å². The van der Waals surface area contributed by atoms with Crippen LogP contribution in [-0.2, 0) is 19.6 Å². The number of rotatable bonds is 3. The van der Waals surface area contributed by atoms with Crippen molar-refractivity contribution in [1.82, 2.24) is 10.0 Å². The van der Waals surface area contributed by atoms with E-state index in [0.29, 0.717) is 4.90 Å². The highest BCUT2D eigenvalue weighted by molar-refractivity contribution is 8.00. The summed E-state index contributed by atoms with van der Waals surface area (Å²) in [5, 5.41) is 2.39. The molecule has 0 spiro atoms. The van der Waals surface area contributed by atoms with Crippen LogP contribution in [0.2, 0.25) is 0 Å². The predicted octanol–water partition coefficient (Wildman–Crippen LogP) is -0.571. The first-order valence-electron chi connectivity index (χ1n) is 6.15. The minimum atomic E-state index is -3.78. The van der Waals surface area contributed by atoms with Crippen molar-refractivity contribution in [2.75, 3.05) is 5.75 Å². The molecule has 0 fully saturated rings. The van der Waals surface area contributed by atoms with E-state index < -0.39 is 33.9 Å². The highest BCUT2D eigenvalue weighted by Crippen LogP contribution is 2.29. The third kappa shape index (κ3) is 3.55. The number of hydrogen-bond donors (Lipinski definition) is 3. The van der Waals surface area contributed by atoms with Crippen LogP contribution < -0.4 is 15.8 Å². The molecule has 0 bridgehead atoms. The maximum atomic E-state index is 12.2. The molecule has 1 aromatic carbocycles. The lowest BCUT2D eigenvalue weighted by Crippen LogP contribution is -2.52. The van der Waals surface area contributed by atoms with E-state index in [1.54, 1.807) is 18.2 Å². The largest absolute Gasteiger partial charge is 0.368 e. The molecule has 21 heavy (non-hydrogen) atoms. The van der Waals surface area contributed by atoms with Crippen LogP contribution >= 0.6 is 11.8 Å². The molecular weight excluding hydrogens is 314 g/mol. The van der Waals surface area contributed by atoms with Crippen LogP contribution in [0.4, 0.5) is 0 Å². The molecule has 0 unspecified atom stereocenters. The average Bonchev–Trinajstić information content (AvgIpc) is 2.56. The van der Waals surface area contributed by atoms with Crippen molar-refractivity contribution in [3.05, 3.63) is 24.3 Å². The number of thioether (sulfide) groups is 1. The smallest absolute Gasteiger partial charge is 0.242 e. The van der Waals surface area contributed by atoms with E-state index >= 15 is 0 Å². The number of nitrogens with two attached hydrogens (primary N) is 1. The van der Waals surface area contributed by atoms with E-state index in [9.17, 15) is 18.0 Å². The number of carbonyl (C=O) groups excluding carboxylic acids is 2. The molecule has 1 aliphatic rings. The Kier molecular flexibility index (Phi) is 4.55. The fourth-order valence-electron chi connectivity index (χ4n) is 1.76. The van der Waals surface area contributed by atoms with Gasteiger partial charge in [-0.05, 0) is 19.1 Å². The predicted molar refractivity (Wildman–Crippen MR) is 78.1 cm³/mol. The molecule has 0 radical (unpaired) electrons. The number of nitrogens with one attached hydrogen (secondary N) is 2. The SMILES string of the molecule is C[C@H](NC(=O)[C@@H]1CSc2ccccc2S(=O)(=O)N1)C(N)=O. The Morgan fingerprint density at radius 3 is 2.76 bits per heavy atom. The molecule has 1 aromatic rings. The van der Waals surface area contributed by atoms with Crippen molar-refractivity contribution in [3.8, 4) is 0 Å². The topological polar surface area (TPSA) is 118 Å². The van der Waals surface area contributed by atoms with E-state index in [-0.39, 0.29) is 10.6 Å². The van der Waals surface area contributed by atoms with Gasteiger partial charge < -0.3 is 11.1 Å².